The summed E-state index contributed by atoms with van der Waals surface area (Å²) in [6.45, 7) is 15.2. The zero-order chi connectivity index (χ0) is 15.3. The van der Waals surface area contributed by atoms with Crippen molar-refractivity contribution in [2.45, 2.75) is 60.5 Å². The minimum atomic E-state index is 0.507. The molecule has 1 N–H and O–H groups in total. The molecule has 0 radical (unpaired) electrons. The SMILES string of the molecule is CCC(C)N(C)c1nc(C)cc(C)c1CNCC(C)C. The predicted molar refractivity (Wildman–Crippen MR) is 88.4 cm³/mol. The van der Waals surface area contributed by atoms with Crippen LogP contribution in [0.1, 0.15) is 50.9 Å². The molecule has 0 aliphatic heterocycles. The van der Waals surface area contributed by atoms with Gasteiger partial charge in [0.1, 0.15) is 5.82 Å². The molecule has 20 heavy (non-hydrogen) atoms. The highest BCUT2D eigenvalue weighted by Crippen LogP contribution is 2.24. The average Bonchev–Trinajstić information content (AvgIpc) is 2.38. The number of rotatable bonds is 7. The largest absolute Gasteiger partial charge is 0.357 e. The van der Waals surface area contributed by atoms with E-state index in [-0.39, 0.29) is 0 Å². The van der Waals surface area contributed by atoms with Crippen molar-refractivity contribution in [3.8, 4) is 0 Å². The summed E-state index contributed by atoms with van der Waals surface area (Å²) in [4.78, 5) is 7.10. The first-order valence-corrected chi connectivity index (χ1v) is 7.77. The smallest absolute Gasteiger partial charge is 0.133 e. The highest BCUT2D eigenvalue weighted by Gasteiger charge is 2.16. The normalized spacial score (nSPS) is 12.8. The number of aromatic nitrogens is 1. The molecule has 3 nitrogen and oxygen atoms in total. The van der Waals surface area contributed by atoms with Crippen molar-refractivity contribution >= 4 is 5.82 Å². The van der Waals surface area contributed by atoms with E-state index in [1.807, 2.05) is 0 Å². The van der Waals surface area contributed by atoms with Gasteiger partial charge in [-0.15, -0.1) is 0 Å². The average molecular weight is 277 g/mol. The summed E-state index contributed by atoms with van der Waals surface area (Å²) >= 11 is 0. The summed E-state index contributed by atoms with van der Waals surface area (Å²) in [6, 6.07) is 2.69. The minimum absolute atomic E-state index is 0.507. The Kier molecular flexibility index (Phi) is 6.47. The Labute approximate surface area is 124 Å². The summed E-state index contributed by atoms with van der Waals surface area (Å²) in [5.74, 6) is 1.80. The quantitative estimate of drug-likeness (QED) is 0.824. The van der Waals surface area contributed by atoms with E-state index in [1.165, 1.54) is 11.1 Å². The van der Waals surface area contributed by atoms with Gasteiger partial charge >= 0.3 is 0 Å². The predicted octanol–water partition coefficient (Wildman–Crippen LogP) is 3.68. The highest BCUT2D eigenvalue weighted by atomic mass is 15.2. The molecule has 0 aliphatic rings. The summed E-state index contributed by atoms with van der Waals surface area (Å²) in [5.41, 5.74) is 3.76. The Hall–Kier alpha value is -1.09. The minimum Gasteiger partial charge on any atom is -0.357 e. The highest BCUT2D eigenvalue weighted by molar-refractivity contribution is 5.51. The molecule has 114 valence electrons. The Bertz CT molecular complexity index is 426. The lowest BCUT2D eigenvalue weighted by atomic mass is 10.1. The van der Waals surface area contributed by atoms with Crippen LogP contribution >= 0.6 is 0 Å². The van der Waals surface area contributed by atoms with E-state index in [0.29, 0.717) is 12.0 Å². The fourth-order valence-electron chi connectivity index (χ4n) is 2.32. The second-order valence-electron chi connectivity index (χ2n) is 6.28. The van der Waals surface area contributed by atoms with E-state index >= 15 is 0 Å². The van der Waals surface area contributed by atoms with Crippen molar-refractivity contribution in [3.63, 3.8) is 0 Å². The maximum absolute atomic E-state index is 4.79. The number of aryl methyl sites for hydroxylation is 2. The topological polar surface area (TPSA) is 28.2 Å². The van der Waals surface area contributed by atoms with Crippen molar-refractivity contribution in [3.05, 3.63) is 22.9 Å². The monoisotopic (exact) mass is 277 g/mol. The van der Waals surface area contributed by atoms with E-state index in [0.717, 1.165) is 31.0 Å². The van der Waals surface area contributed by atoms with Crippen LogP contribution in [0, 0.1) is 19.8 Å². The van der Waals surface area contributed by atoms with Crippen LogP contribution in [-0.4, -0.2) is 24.6 Å². The van der Waals surface area contributed by atoms with Gasteiger partial charge in [0.2, 0.25) is 0 Å². The van der Waals surface area contributed by atoms with Crippen LogP contribution in [0.2, 0.25) is 0 Å². The molecule has 3 heteroatoms. The maximum atomic E-state index is 4.79. The van der Waals surface area contributed by atoms with Crippen LogP contribution in [0.4, 0.5) is 5.82 Å². The van der Waals surface area contributed by atoms with Gasteiger partial charge in [-0.2, -0.15) is 0 Å². The Morgan fingerprint density at radius 3 is 2.45 bits per heavy atom. The van der Waals surface area contributed by atoms with Crippen LogP contribution in [0.15, 0.2) is 6.07 Å². The molecule has 0 saturated heterocycles. The fourth-order valence-corrected chi connectivity index (χ4v) is 2.32. The lowest BCUT2D eigenvalue weighted by Crippen LogP contribution is -2.31. The maximum Gasteiger partial charge on any atom is 0.133 e. The zero-order valence-corrected chi connectivity index (χ0v) is 14.2. The Morgan fingerprint density at radius 1 is 1.25 bits per heavy atom. The van der Waals surface area contributed by atoms with E-state index < -0.39 is 0 Å². The lowest BCUT2D eigenvalue weighted by molar-refractivity contribution is 0.549. The van der Waals surface area contributed by atoms with Gasteiger partial charge < -0.3 is 10.2 Å². The summed E-state index contributed by atoms with van der Waals surface area (Å²) in [6.07, 6.45) is 1.13. The van der Waals surface area contributed by atoms with Crippen molar-refractivity contribution in [2.24, 2.45) is 5.92 Å². The van der Waals surface area contributed by atoms with E-state index in [2.05, 4.69) is 64.9 Å². The van der Waals surface area contributed by atoms with Gasteiger partial charge in [-0.05, 0) is 51.3 Å². The van der Waals surface area contributed by atoms with Gasteiger partial charge in [0, 0.05) is 30.9 Å². The first-order chi connectivity index (χ1) is 9.36. The van der Waals surface area contributed by atoms with E-state index in [4.69, 9.17) is 4.98 Å². The number of hydrogen-bond acceptors (Lipinski definition) is 3. The van der Waals surface area contributed by atoms with Crippen molar-refractivity contribution in [2.75, 3.05) is 18.5 Å². The molecule has 0 aliphatic carbocycles. The lowest BCUT2D eigenvalue weighted by Gasteiger charge is -2.28. The molecule has 1 aromatic rings. The van der Waals surface area contributed by atoms with Crippen LogP contribution in [0.5, 0.6) is 0 Å². The second kappa shape index (κ2) is 7.63. The molecule has 0 bridgehead atoms. The third-order valence-corrected chi connectivity index (χ3v) is 3.89. The third-order valence-electron chi connectivity index (χ3n) is 3.89. The molecule has 1 heterocycles. The van der Waals surface area contributed by atoms with Gasteiger partial charge in [-0.25, -0.2) is 4.98 Å². The van der Waals surface area contributed by atoms with Crippen LogP contribution < -0.4 is 10.2 Å². The summed E-state index contributed by atoms with van der Waals surface area (Å²) in [5, 5.41) is 3.55. The van der Waals surface area contributed by atoms with Crippen molar-refractivity contribution in [1.82, 2.24) is 10.3 Å². The van der Waals surface area contributed by atoms with Crippen LogP contribution in [-0.2, 0) is 6.54 Å². The number of nitrogens with one attached hydrogen (secondary N) is 1. The number of nitrogens with zero attached hydrogens (tertiary/aromatic N) is 2. The third kappa shape index (κ3) is 4.48. The summed E-state index contributed by atoms with van der Waals surface area (Å²) < 4.78 is 0. The standard InChI is InChI=1S/C17H31N3/c1-8-15(6)20(7)17-16(11-18-10-12(2)3)13(4)9-14(5)19-17/h9,12,15,18H,8,10-11H2,1-7H3. The first kappa shape index (κ1) is 17.0. The zero-order valence-electron chi connectivity index (χ0n) is 14.2. The summed E-state index contributed by atoms with van der Waals surface area (Å²) in [7, 11) is 2.15. The molecule has 1 aromatic heterocycles. The Morgan fingerprint density at radius 2 is 1.90 bits per heavy atom. The number of anilines is 1. The molecule has 1 rings (SSSR count). The molecule has 0 aromatic carbocycles. The van der Waals surface area contributed by atoms with Crippen LogP contribution in [0.25, 0.3) is 0 Å². The van der Waals surface area contributed by atoms with E-state index in [9.17, 15) is 0 Å². The van der Waals surface area contributed by atoms with Crippen molar-refractivity contribution < 1.29 is 0 Å². The fraction of sp³-hybridized carbons (Fsp3) is 0.706. The van der Waals surface area contributed by atoms with Gasteiger partial charge in [-0.3, -0.25) is 0 Å². The molecule has 0 fully saturated rings. The van der Waals surface area contributed by atoms with Crippen LogP contribution in [0.3, 0.4) is 0 Å². The molecule has 0 amide bonds. The van der Waals surface area contributed by atoms with Crippen molar-refractivity contribution in [1.29, 1.82) is 0 Å². The molecule has 1 unspecified atom stereocenters. The molecule has 1 atom stereocenters. The number of pyridine rings is 1. The second-order valence-corrected chi connectivity index (χ2v) is 6.28. The van der Waals surface area contributed by atoms with E-state index in [1.54, 1.807) is 0 Å². The first-order valence-electron chi connectivity index (χ1n) is 7.77. The Balaban J connectivity index is 3.01. The van der Waals surface area contributed by atoms with Gasteiger partial charge in [-0.1, -0.05) is 20.8 Å². The van der Waals surface area contributed by atoms with Gasteiger partial charge in [0.15, 0.2) is 0 Å². The molecular formula is C17H31N3. The molecule has 0 saturated carbocycles. The molecular weight excluding hydrogens is 246 g/mol. The number of hydrogen-bond donors (Lipinski definition) is 1. The van der Waals surface area contributed by atoms with Gasteiger partial charge in [0.25, 0.3) is 0 Å². The molecule has 0 spiro atoms. The van der Waals surface area contributed by atoms with Gasteiger partial charge in [0.05, 0.1) is 0 Å².